The van der Waals surface area contributed by atoms with Crippen molar-refractivity contribution in [2.45, 2.75) is 38.9 Å². The van der Waals surface area contributed by atoms with Crippen LogP contribution in [0.3, 0.4) is 0 Å². The molecule has 1 amide bonds. The Kier molecular flexibility index (Phi) is 6.29. The number of piperidine rings is 1. The van der Waals surface area contributed by atoms with Crippen molar-refractivity contribution in [1.29, 1.82) is 0 Å². The molecule has 0 spiro atoms. The third-order valence-corrected chi connectivity index (χ3v) is 5.70. The molecule has 0 radical (unpaired) electrons. The normalized spacial score (nSPS) is 14.8. The van der Waals surface area contributed by atoms with Gasteiger partial charge < -0.3 is 14.4 Å². The number of amides is 1. The lowest BCUT2D eigenvalue weighted by molar-refractivity contribution is -0.132. The van der Waals surface area contributed by atoms with Gasteiger partial charge in [0.2, 0.25) is 5.91 Å². The minimum absolute atomic E-state index is 0.163. The molecule has 1 aliphatic rings. The van der Waals surface area contributed by atoms with Crippen LogP contribution < -0.4 is 4.74 Å². The van der Waals surface area contributed by atoms with E-state index in [0.29, 0.717) is 13.0 Å². The van der Waals surface area contributed by atoms with Crippen molar-refractivity contribution in [3.05, 3.63) is 60.3 Å². The fourth-order valence-electron chi connectivity index (χ4n) is 4.01. The molecule has 2 heterocycles. The Morgan fingerprint density at radius 2 is 1.87 bits per heavy atom. The number of hydrogen-bond acceptors (Lipinski definition) is 4. The molecule has 0 atom stereocenters. The molecule has 4 rings (SSSR count). The van der Waals surface area contributed by atoms with Crippen LogP contribution in [0.4, 0.5) is 0 Å². The number of fused-ring (bicyclic) bond motifs is 1. The van der Waals surface area contributed by atoms with Crippen LogP contribution in [-0.4, -0.2) is 42.1 Å². The molecule has 3 aromatic rings. The first-order chi connectivity index (χ1) is 14.7. The molecule has 1 aliphatic heterocycles. The fourth-order valence-corrected chi connectivity index (χ4v) is 4.01. The molecule has 5 heteroatoms. The van der Waals surface area contributed by atoms with E-state index in [0.717, 1.165) is 59.3 Å². The van der Waals surface area contributed by atoms with Gasteiger partial charge in [-0.3, -0.25) is 9.78 Å². The molecule has 5 nitrogen and oxygen atoms in total. The first-order valence-corrected chi connectivity index (χ1v) is 10.6. The third-order valence-electron chi connectivity index (χ3n) is 5.70. The number of benzene rings is 2. The molecule has 1 aromatic heterocycles. The van der Waals surface area contributed by atoms with Gasteiger partial charge in [-0.2, -0.15) is 0 Å². The highest BCUT2D eigenvalue weighted by molar-refractivity contribution is 5.86. The van der Waals surface area contributed by atoms with Gasteiger partial charge in [0.05, 0.1) is 12.1 Å². The number of nitrogens with zero attached hydrogens (tertiary/aromatic N) is 2. The number of pyridine rings is 1. The van der Waals surface area contributed by atoms with E-state index < -0.39 is 0 Å². The number of carbonyl (C=O) groups is 1. The molecule has 1 fully saturated rings. The van der Waals surface area contributed by atoms with E-state index in [1.165, 1.54) is 0 Å². The topological polar surface area (TPSA) is 51.7 Å². The van der Waals surface area contributed by atoms with Crippen LogP contribution in [0.1, 0.15) is 31.7 Å². The van der Waals surface area contributed by atoms with Crippen molar-refractivity contribution >= 4 is 16.8 Å². The van der Waals surface area contributed by atoms with Gasteiger partial charge in [-0.15, -0.1) is 0 Å². The maximum absolute atomic E-state index is 11.8. The van der Waals surface area contributed by atoms with E-state index in [1.807, 2.05) is 42.3 Å². The summed E-state index contributed by atoms with van der Waals surface area (Å²) in [4.78, 5) is 18.4. The summed E-state index contributed by atoms with van der Waals surface area (Å²) in [5.74, 6) is 1.10. The number of ether oxygens (including phenoxy) is 2. The number of carbonyl (C=O) groups excluding carboxylic acids is 1. The summed E-state index contributed by atoms with van der Waals surface area (Å²) in [6.45, 7) is 4.04. The standard InChI is InChI=1S/C25H28N2O3/c1-3-25(28)27-13-11-22(12-14-27)30-21-9-7-18(8-10-21)20-15-23-19(17-29-2)5-4-6-24(23)26-16-20/h4-10,15-16,22H,3,11-14,17H2,1-2H3. The van der Waals surface area contributed by atoms with Crippen LogP contribution in [0.15, 0.2) is 54.7 Å². The van der Waals surface area contributed by atoms with E-state index in [1.54, 1.807) is 7.11 Å². The van der Waals surface area contributed by atoms with Gasteiger partial charge in [-0.25, -0.2) is 0 Å². The Morgan fingerprint density at radius 1 is 1.10 bits per heavy atom. The van der Waals surface area contributed by atoms with Gasteiger partial charge in [0.15, 0.2) is 0 Å². The maximum atomic E-state index is 11.8. The van der Waals surface area contributed by atoms with Crippen molar-refractivity contribution in [1.82, 2.24) is 9.88 Å². The highest BCUT2D eigenvalue weighted by Crippen LogP contribution is 2.28. The SMILES string of the molecule is CCC(=O)N1CCC(Oc2ccc(-c3cnc4cccc(COC)c4c3)cc2)CC1. The molecule has 0 saturated carbocycles. The highest BCUT2D eigenvalue weighted by atomic mass is 16.5. The Bertz CT molecular complexity index is 1010. The van der Waals surface area contributed by atoms with Crippen molar-refractivity contribution < 1.29 is 14.3 Å². The number of methoxy groups -OCH3 is 1. The largest absolute Gasteiger partial charge is 0.490 e. The monoisotopic (exact) mass is 404 g/mol. The first kappa shape index (κ1) is 20.4. The Morgan fingerprint density at radius 3 is 2.57 bits per heavy atom. The Balaban J connectivity index is 1.45. The zero-order chi connectivity index (χ0) is 20.9. The van der Waals surface area contributed by atoms with Gasteiger partial charge in [0.25, 0.3) is 0 Å². The smallest absolute Gasteiger partial charge is 0.222 e. The van der Waals surface area contributed by atoms with Crippen molar-refractivity contribution in [2.75, 3.05) is 20.2 Å². The molecule has 0 aliphatic carbocycles. The van der Waals surface area contributed by atoms with E-state index in [2.05, 4.69) is 29.2 Å². The van der Waals surface area contributed by atoms with Crippen molar-refractivity contribution in [3.8, 4) is 16.9 Å². The van der Waals surface area contributed by atoms with Crippen LogP contribution in [-0.2, 0) is 16.1 Å². The second kappa shape index (κ2) is 9.26. The Hall–Kier alpha value is -2.92. The van der Waals surface area contributed by atoms with Crippen molar-refractivity contribution in [3.63, 3.8) is 0 Å². The summed E-state index contributed by atoms with van der Waals surface area (Å²) in [7, 11) is 1.71. The minimum Gasteiger partial charge on any atom is -0.490 e. The zero-order valence-electron chi connectivity index (χ0n) is 17.6. The molecule has 156 valence electrons. The van der Waals surface area contributed by atoms with E-state index in [-0.39, 0.29) is 12.0 Å². The highest BCUT2D eigenvalue weighted by Gasteiger charge is 2.22. The third kappa shape index (κ3) is 4.46. The molecule has 0 bridgehead atoms. The lowest BCUT2D eigenvalue weighted by atomic mass is 10.0. The Labute approximate surface area is 177 Å². The molecular weight excluding hydrogens is 376 g/mol. The van der Waals surface area contributed by atoms with Crippen molar-refractivity contribution in [2.24, 2.45) is 0 Å². The summed E-state index contributed by atoms with van der Waals surface area (Å²) >= 11 is 0. The summed E-state index contributed by atoms with van der Waals surface area (Å²) in [6.07, 6.45) is 4.41. The van der Waals surface area contributed by atoms with Gasteiger partial charge in [-0.1, -0.05) is 31.2 Å². The lowest BCUT2D eigenvalue weighted by Gasteiger charge is -2.32. The van der Waals surface area contributed by atoms with Crippen LogP contribution in [0.2, 0.25) is 0 Å². The second-order valence-electron chi connectivity index (χ2n) is 7.72. The van der Waals surface area contributed by atoms with Crippen LogP contribution in [0, 0.1) is 0 Å². The predicted molar refractivity (Wildman–Crippen MR) is 118 cm³/mol. The summed E-state index contributed by atoms with van der Waals surface area (Å²) in [5.41, 5.74) is 4.29. The second-order valence-corrected chi connectivity index (χ2v) is 7.72. The summed E-state index contributed by atoms with van der Waals surface area (Å²) < 4.78 is 11.5. The summed E-state index contributed by atoms with van der Waals surface area (Å²) in [6, 6.07) is 16.5. The fraction of sp³-hybridized carbons (Fsp3) is 0.360. The van der Waals surface area contributed by atoms with E-state index in [4.69, 9.17) is 9.47 Å². The summed E-state index contributed by atoms with van der Waals surface area (Å²) in [5, 5.41) is 1.12. The zero-order valence-corrected chi connectivity index (χ0v) is 17.6. The van der Waals surface area contributed by atoms with E-state index >= 15 is 0 Å². The molecule has 0 N–H and O–H groups in total. The van der Waals surface area contributed by atoms with E-state index in [9.17, 15) is 4.79 Å². The molecule has 0 unspecified atom stereocenters. The van der Waals surface area contributed by atoms with Crippen LogP contribution in [0.25, 0.3) is 22.0 Å². The number of hydrogen-bond donors (Lipinski definition) is 0. The van der Waals surface area contributed by atoms with Gasteiger partial charge in [0.1, 0.15) is 11.9 Å². The molecule has 1 saturated heterocycles. The lowest BCUT2D eigenvalue weighted by Crippen LogP contribution is -2.41. The molecule has 30 heavy (non-hydrogen) atoms. The number of likely N-dealkylation sites (tertiary alicyclic amines) is 1. The van der Waals surface area contributed by atoms with Crippen LogP contribution >= 0.6 is 0 Å². The van der Waals surface area contributed by atoms with Gasteiger partial charge in [-0.05, 0) is 35.4 Å². The predicted octanol–water partition coefficient (Wildman–Crippen LogP) is 4.83. The quantitative estimate of drug-likeness (QED) is 0.591. The number of rotatable bonds is 6. The van der Waals surface area contributed by atoms with Gasteiger partial charge >= 0.3 is 0 Å². The average Bonchev–Trinajstić information content (AvgIpc) is 2.80. The molecule has 2 aromatic carbocycles. The first-order valence-electron chi connectivity index (χ1n) is 10.6. The van der Waals surface area contributed by atoms with Gasteiger partial charge in [0, 0.05) is 56.6 Å². The van der Waals surface area contributed by atoms with Crippen LogP contribution in [0.5, 0.6) is 5.75 Å². The average molecular weight is 405 g/mol. The molecular formula is C25H28N2O3. The maximum Gasteiger partial charge on any atom is 0.222 e. The number of aromatic nitrogens is 1. The minimum atomic E-state index is 0.163.